The number of para-hydroxylation sites is 1. The molecule has 0 bridgehead atoms. The van der Waals surface area contributed by atoms with Gasteiger partial charge in [-0.3, -0.25) is 10.1 Å². The van der Waals surface area contributed by atoms with Gasteiger partial charge in [-0.2, -0.15) is 5.26 Å². The fourth-order valence-corrected chi connectivity index (χ4v) is 3.70. The Morgan fingerprint density at radius 1 is 1.34 bits per heavy atom. The van der Waals surface area contributed by atoms with Crippen LogP contribution in [-0.4, -0.2) is 31.6 Å². The van der Waals surface area contributed by atoms with Gasteiger partial charge in [-0.05, 0) is 42.7 Å². The zero-order valence-corrected chi connectivity index (χ0v) is 16.0. The van der Waals surface area contributed by atoms with Crippen LogP contribution in [0.3, 0.4) is 0 Å². The number of halogens is 1. The number of benzene rings is 2. The lowest BCUT2D eigenvalue weighted by atomic mass is 9.61. The third-order valence-electron chi connectivity index (χ3n) is 5.13. The third kappa shape index (κ3) is 4.46. The van der Waals surface area contributed by atoms with Crippen molar-refractivity contribution in [3.05, 3.63) is 65.5 Å². The number of nitrogens with zero attached hydrogens (tertiary/aromatic N) is 2. The van der Waals surface area contributed by atoms with Crippen LogP contribution >= 0.6 is 0 Å². The topological polar surface area (TPSA) is 113 Å². The standard InChI is InChI=1S/C21H22FN5O2/c1-29-18-8-3-2-7-17(18)19(28)25-12-21(14-5-4-6-15(22)9-14)10-16(11-21)27-20(24)26-13-23/h2-9,16H,10-12H2,1H3,(H,25,28)(H3,24,26,27). The van der Waals surface area contributed by atoms with E-state index in [-0.39, 0.29) is 23.7 Å². The second kappa shape index (κ2) is 8.61. The van der Waals surface area contributed by atoms with Crippen LogP contribution in [0.5, 0.6) is 5.75 Å². The molecule has 2 aromatic carbocycles. The highest BCUT2D eigenvalue weighted by atomic mass is 19.1. The molecule has 0 radical (unpaired) electrons. The van der Waals surface area contributed by atoms with Crippen LogP contribution in [0.15, 0.2) is 53.5 Å². The first-order chi connectivity index (χ1) is 14.0. The Kier molecular flexibility index (Phi) is 5.98. The largest absolute Gasteiger partial charge is 0.496 e. The maximum Gasteiger partial charge on any atom is 0.255 e. The molecule has 0 heterocycles. The molecule has 2 aromatic rings. The predicted molar refractivity (Wildman–Crippen MR) is 107 cm³/mol. The zero-order chi connectivity index (χ0) is 20.9. The van der Waals surface area contributed by atoms with E-state index in [0.29, 0.717) is 30.7 Å². The van der Waals surface area contributed by atoms with Gasteiger partial charge in [-0.15, -0.1) is 0 Å². The summed E-state index contributed by atoms with van der Waals surface area (Å²) in [6, 6.07) is 13.2. The number of rotatable bonds is 6. The highest BCUT2D eigenvalue weighted by molar-refractivity contribution is 5.97. The Hall–Kier alpha value is -3.60. The molecule has 1 saturated carbocycles. The molecule has 0 saturated heterocycles. The molecule has 1 aliphatic rings. The molecule has 0 unspecified atom stereocenters. The van der Waals surface area contributed by atoms with Crippen molar-refractivity contribution in [3.63, 3.8) is 0 Å². The van der Waals surface area contributed by atoms with Crippen LogP contribution in [0, 0.1) is 17.3 Å². The van der Waals surface area contributed by atoms with Gasteiger partial charge in [0.25, 0.3) is 5.91 Å². The van der Waals surface area contributed by atoms with Gasteiger partial charge in [-0.1, -0.05) is 24.3 Å². The minimum Gasteiger partial charge on any atom is -0.496 e. The van der Waals surface area contributed by atoms with Crippen LogP contribution in [-0.2, 0) is 5.41 Å². The fraction of sp³-hybridized carbons (Fsp3) is 0.286. The number of carbonyl (C=O) groups is 1. The van der Waals surface area contributed by atoms with Crippen molar-refractivity contribution in [1.29, 1.82) is 5.26 Å². The Morgan fingerprint density at radius 3 is 2.79 bits per heavy atom. The minimum absolute atomic E-state index is 0.0448. The Labute approximate surface area is 168 Å². The molecule has 1 amide bonds. The Bertz CT molecular complexity index is 964. The summed E-state index contributed by atoms with van der Waals surface area (Å²) < 4.78 is 19.1. The maximum absolute atomic E-state index is 13.8. The van der Waals surface area contributed by atoms with Gasteiger partial charge >= 0.3 is 0 Å². The van der Waals surface area contributed by atoms with E-state index >= 15 is 0 Å². The Morgan fingerprint density at radius 2 is 2.10 bits per heavy atom. The number of ether oxygens (including phenoxy) is 1. The van der Waals surface area contributed by atoms with E-state index in [0.717, 1.165) is 5.56 Å². The number of nitrogens with one attached hydrogen (secondary N) is 2. The smallest absolute Gasteiger partial charge is 0.255 e. The number of nitriles is 1. The summed E-state index contributed by atoms with van der Waals surface area (Å²) in [7, 11) is 1.51. The van der Waals surface area contributed by atoms with E-state index in [9.17, 15) is 9.18 Å². The van der Waals surface area contributed by atoms with Gasteiger partial charge in [0.2, 0.25) is 5.96 Å². The molecule has 4 N–H and O–H groups in total. The fourth-order valence-electron chi connectivity index (χ4n) is 3.70. The van der Waals surface area contributed by atoms with E-state index in [1.165, 1.54) is 19.2 Å². The van der Waals surface area contributed by atoms with Crippen molar-refractivity contribution in [2.24, 2.45) is 10.7 Å². The average Bonchev–Trinajstić information content (AvgIpc) is 2.69. The molecular weight excluding hydrogens is 373 g/mol. The first-order valence-corrected chi connectivity index (χ1v) is 9.13. The number of hydrogen-bond acceptors (Lipinski definition) is 4. The van der Waals surface area contributed by atoms with Crippen LogP contribution in [0.4, 0.5) is 4.39 Å². The second-order valence-corrected chi connectivity index (χ2v) is 6.99. The van der Waals surface area contributed by atoms with Crippen molar-refractivity contribution in [1.82, 2.24) is 10.6 Å². The van der Waals surface area contributed by atoms with E-state index in [2.05, 4.69) is 15.6 Å². The number of nitrogens with two attached hydrogens (primary N) is 1. The quantitative estimate of drug-likeness (QED) is 0.300. The predicted octanol–water partition coefficient (Wildman–Crippen LogP) is 2.05. The first kappa shape index (κ1) is 20.1. The normalized spacial score (nSPS) is 20.9. The highest BCUT2D eigenvalue weighted by Gasteiger charge is 2.46. The number of guanidine groups is 1. The van der Waals surface area contributed by atoms with Crippen molar-refractivity contribution in [3.8, 4) is 11.9 Å². The number of hydrogen-bond donors (Lipinski definition) is 3. The molecule has 0 aromatic heterocycles. The maximum atomic E-state index is 13.8. The molecule has 3 rings (SSSR count). The van der Waals surface area contributed by atoms with E-state index in [1.54, 1.807) is 36.5 Å². The van der Waals surface area contributed by atoms with Crippen LogP contribution in [0.2, 0.25) is 0 Å². The molecule has 150 valence electrons. The molecule has 1 fully saturated rings. The lowest BCUT2D eigenvalue weighted by Crippen LogP contribution is -2.52. The molecule has 0 aliphatic heterocycles. The van der Waals surface area contributed by atoms with Crippen molar-refractivity contribution < 1.29 is 13.9 Å². The second-order valence-electron chi connectivity index (χ2n) is 6.99. The third-order valence-corrected chi connectivity index (χ3v) is 5.13. The van der Waals surface area contributed by atoms with E-state index < -0.39 is 5.41 Å². The van der Waals surface area contributed by atoms with E-state index in [1.807, 2.05) is 6.07 Å². The molecule has 8 heteroatoms. The lowest BCUT2D eigenvalue weighted by molar-refractivity contribution is 0.0917. The van der Waals surface area contributed by atoms with Crippen molar-refractivity contribution in [2.45, 2.75) is 24.3 Å². The number of methoxy groups -OCH3 is 1. The van der Waals surface area contributed by atoms with E-state index in [4.69, 9.17) is 15.7 Å². The molecule has 0 spiro atoms. The van der Waals surface area contributed by atoms with Crippen LogP contribution < -0.4 is 21.1 Å². The molecule has 7 nitrogen and oxygen atoms in total. The van der Waals surface area contributed by atoms with Gasteiger partial charge in [0.05, 0.1) is 18.7 Å². The molecule has 0 atom stereocenters. The minimum atomic E-state index is -0.471. The summed E-state index contributed by atoms with van der Waals surface area (Å²) in [6.45, 7) is 0.310. The number of amides is 1. The average molecular weight is 395 g/mol. The van der Waals surface area contributed by atoms with Gasteiger partial charge < -0.3 is 15.8 Å². The van der Waals surface area contributed by atoms with Crippen LogP contribution in [0.1, 0.15) is 28.8 Å². The Balaban J connectivity index is 1.78. The van der Waals surface area contributed by atoms with Gasteiger partial charge in [-0.25, -0.2) is 9.38 Å². The molecular formula is C21H22FN5O2. The molecule has 29 heavy (non-hydrogen) atoms. The number of aliphatic imine (C=N–C) groups is 1. The molecule has 1 aliphatic carbocycles. The SMILES string of the molecule is COc1ccccc1C(=O)NCC1(c2cccc(F)c2)CC(N=C(N)NC#N)C1. The van der Waals surface area contributed by atoms with Crippen molar-refractivity contribution in [2.75, 3.05) is 13.7 Å². The summed E-state index contributed by atoms with van der Waals surface area (Å²) in [5.41, 5.74) is 6.40. The van der Waals surface area contributed by atoms with Gasteiger partial charge in [0.15, 0.2) is 6.19 Å². The summed E-state index contributed by atoms with van der Waals surface area (Å²) in [4.78, 5) is 17.0. The first-order valence-electron chi connectivity index (χ1n) is 9.13. The summed E-state index contributed by atoms with van der Waals surface area (Å²) in [5.74, 6) is -0.0778. The van der Waals surface area contributed by atoms with Gasteiger partial charge in [0, 0.05) is 12.0 Å². The monoisotopic (exact) mass is 395 g/mol. The van der Waals surface area contributed by atoms with Crippen molar-refractivity contribution >= 4 is 11.9 Å². The van der Waals surface area contributed by atoms with Gasteiger partial charge in [0.1, 0.15) is 11.6 Å². The summed E-state index contributed by atoms with van der Waals surface area (Å²) >= 11 is 0. The number of carbonyl (C=O) groups excluding carboxylic acids is 1. The highest BCUT2D eigenvalue weighted by Crippen LogP contribution is 2.45. The summed E-state index contributed by atoms with van der Waals surface area (Å²) in [5, 5.41) is 13.9. The lowest BCUT2D eigenvalue weighted by Gasteiger charge is -2.46. The summed E-state index contributed by atoms with van der Waals surface area (Å²) in [6.07, 6.45) is 2.86. The van der Waals surface area contributed by atoms with Crippen LogP contribution in [0.25, 0.3) is 0 Å². The zero-order valence-electron chi connectivity index (χ0n) is 16.0.